The largest absolute Gasteiger partial charge is 0.477 e. The molecule has 100 valence electrons. The molecular weight excluding hydrogens is 274 g/mol. The van der Waals surface area contributed by atoms with Gasteiger partial charge in [0.05, 0.1) is 0 Å². The maximum absolute atomic E-state index is 12.0. The number of carboxylic acids is 1. The maximum atomic E-state index is 12.0. The third kappa shape index (κ3) is 2.73. The average Bonchev–Trinajstić information content (AvgIpc) is 2.73. The van der Waals surface area contributed by atoms with Crippen molar-refractivity contribution in [2.75, 3.05) is 6.54 Å². The highest BCUT2D eigenvalue weighted by Gasteiger charge is 2.33. The zero-order chi connectivity index (χ0) is 13.4. The fraction of sp³-hybridized carbons (Fsp3) is 0.545. The number of rotatable bonds is 5. The molecule has 1 aliphatic rings. The second kappa shape index (κ2) is 4.64. The highest BCUT2D eigenvalue weighted by Crippen LogP contribution is 2.39. The number of hydrogen-bond acceptors (Lipinski definition) is 4. The van der Waals surface area contributed by atoms with Crippen LogP contribution in [0.3, 0.4) is 0 Å². The number of thiophene rings is 1. The van der Waals surface area contributed by atoms with Crippen molar-refractivity contribution < 1.29 is 18.3 Å². The quantitative estimate of drug-likeness (QED) is 0.867. The highest BCUT2D eigenvalue weighted by atomic mass is 32.2. The normalized spacial score (nSPS) is 18.3. The van der Waals surface area contributed by atoms with E-state index in [2.05, 4.69) is 11.6 Å². The monoisotopic (exact) mass is 289 g/mol. The Morgan fingerprint density at radius 3 is 2.61 bits per heavy atom. The summed E-state index contributed by atoms with van der Waals surface area (Å²) in [5.41, 5.74) is 0.0555. The Hall–Kier alpha value is -0.920. The summed E-state index contributed by atoms with van der Waals surface area (Å²) in [7, 11) is -3.58. The van der Waals surface area contributed by atoms with Gasteiger partial charge in [-0.2, -0.15) is 0 Å². The second-order valence-electron chi connectivity index (χ2n) is 4.91. The van der Waals surface area contributed by atoms with Crippen molar-refractivity contribution in [3.05, 3.63) is 17.0 Å². The first-order chi connectivity index (χ1) is 8.32. The van der Waals surface area contributed by atoms with Crippen molar-refractivity contribution >= 4 is 27.3 Å². The number of carbonyl (C=O) groups is 1. The molecule has 1 fully saturated rings. The van der Waals surface area contributed by atoms with Gasteiger partial charge in [0.1, 0.15) is 9.09 Å². The molecule has 0 amide bonds. The van der Waals surface area contributed by atoms with Crippen LogP contribution in [0.25, 0.3) is 0 Å². The maximum Gasteiger partial charge on any atom is 0.345 e. The number of carboxylic acid groups (broad SMARTS) is 1. The van der Waals surface area contributed by atoms with Crippen LogP contribution in [0.1, 0.15) is 35.9 Å². The summed E-state index contributed by atoms with van der Waals surface area (Å²) in [4.78, 5) is 10.7. The van der Waals surface area contributed by atoms with E-state index in [0.29, 0.717) is 6.54 Å². The van der Waals surface area contributed by atoms with Crippen LogP contribution in [0.4, 0.5) is 0 Å². The van der Waals surface area contributed by atoms with Crippen LogP contribution in [0.15, 0.2) is 16.3 Å². The summed E-state index contributed by atoms with van der Waals surface area (Å²) in [6, 6.07) is 2.65. The minimum absolute atomic E-state index is 0.0326. The summed E-state index contributed by atoms with van der Waals surface area (Å²) < 4.78 is 26.5. The van der Waals surface area contributed by atoms with Gasteiger partial charge < -0.3 is 5.11 Å². The van der Waals surface area contributed by atoms with E-state index in [1.165, 1.54) is 12.1 Å². The van der Waals surface area contributed by atoms with E-state index in [4.69, 9.17) is 5.11 Å². The van der Waals surface area contributed by atoms with Crippen LogP contribution in [-0.4, -0.2) is 26.0 Å². The Morgan fingerprint density at radius 2 is 2.17 bits per heavy atom. The number of aromatic carboxylic acids is 1. The lowest BCUT2D eigenvalue weighted by molar-refractivity contribution is 0.0702. The molecule has 0 spiro atoms. The molecule has 0 bridgehead atoms. The summed E-state index contributed by atoms with van der Waals surface area (Å²) in [6.45, 7) is 2.46. The van der Waals surface area contributed by atoms with Gasteiger partial charge in [-0.15, -0.1) is 11.3 Å². The first kappa shape index (κ1) is 13.5. The summed E-state index contributed by atoms with van der Waals surface area (Å²) in [6.07, 6.45) is 3.20. The first-order valence-corrected chi connectivity index (χ1v) is 7.95. The minimum Gasteiger partial charge on any atom is -0.477 e. The van der Waals surface area contributed by atoms with Crippen molar-refractivity contribution in [2.24, 2.45) is 5.41 Å². The van der Waals surface area contributed by atoms with E-state index in [9.17, 15) is 13.2 Å². The fourth-order valence-corrected chi connectivity index (χ4v) is 4.27. The molecule has 0 atom stereocenters. The smallest absolute Gasteiger partial charge is 0.345 e. The zero-order valence-electron chi connectivity index (χ0n) is 9.97. The van der Waals surface area contributed by atoms with Gasteiger partial charge in [-0.1, -0.05) is 13.3 Å². The Labute approximate surface area is 110 Å². The SMILES string of the molecule is CC1(CNS(=O)(=O)c2ccc(C(=O)O)s2)CCC1. The first-order valence-electron chi connectivity index (χ1n) is 5.65. The lowest BCUT2D eigenvalue weighted by Gasteiger charge is -2.38. The Balaban J connectivity index is 2.07. The molecule has 1 aromatic heterocycles. The fourth-order valence-electron chi connectivity index (χ4n) is 1.88. The minimum atomic E-state index is -3.58. The molecule has 0 aliphatic heterocycles. The van der Waals surface area contributed by atoms with Gasteiger partial charge in [-0.05, 0) is 30.4 Å². The predicted octanol–water partition coefficient (Wildman–Crippen LogP) is 1.91. The summed E-state index contributed by atoms with van der Waals surface area (Å²) in [5, 5.41) is 8.77. The van der Waals surface area contributed by atoms with Crippen LogP contribution < -0.4 is 4.72 Å². The van der Waals surface area contributed by atoms with Gasteiger partial charge in [0, 0.05) is 6.54 Å². The number of hydrogen-bond donors (Lipinski definition) is 2. The molecule has 1 heterocycles. The van der Waals surface area contributed by atoms with Gasteiger partial charge in [0.15, 0.2) is 0 Å². The molecule has 0 aromatic carbocycles. The number of nitrogens with one attached hydrogen (secondary N) is 1. The molecule has 1 aliphatic carbocycles. The highest BCUT2D eigenvalue weighted by molar-refractivity contribution is 7.91. The zero-order valence-corrected chi connectivity index (χ0v) is 11.6. The van der Waals surface area contributed by atoms with E-state index in [0.717, 1.165) is 30.6 Å². The Kier molecular flexibility index (Phi) is 3.48. The van der Waals surface area contributed by atoms with E-state index in [-0.39, 0.29) is 14.5 Å². The van der Waals surface area contributed by atoms with Crippen LogP contribution in [0.5, 0.6) is 0 Å². The molecule has 18 heavy (non-hydrogen) atoms. The van der Waals surface area contributed by atoms with Crippen molar-refractivity contribution in [1.29, 1.82) is 0 Å². The molecule has 5 nitrogen and oxygen atoms in total. The molecule has 0 unspecified atom stereocenters. The van der Waals surface area contributed by atoms with E-state index in [1.807, 2.05) is 0 Å². The van der Waals surface area contributed by atoms with Crippen molar-refractivity contribution in [1.82, 2.24) is 4.72 Å². The lowest BCUT2D eigenvalue weighted by atomic mass is 9.71. The third-order valence-corrected chi connectivity index (χ3v) is 6.27. The van der Waals surface area contributed by atoms with Gasteiger partial charge in [-0.3, -0.25) is 0 Å². The van der Waals surface area contributed by atoms with Crippen LogP contribution in [-0.2, 0) is 10.0 Å². The molecule has 0 saturated heterocycles. The van der Waals surface area contributed by atoms with Crippen molar-refractivity contribution in [2.45, 2.75) is 30.4 Å². The van der Waals surface area contributed by atoms with E-state index in [1.54, 1.807) is 0 Å². The topological polar surface area (TPSA) is 83.5 Å². The van der Waals surface area contributed by atoms with Gasteiger partial charge in [0.2, 0.25) is 10.0 Å². The molecule has 0 radical (unpaired) electrons. The molecule has 1 saturated carbocycles. The summed E-state index contributed by atoms with van der Waals surface area (Å²) in [5.74, 6) is -1.10. The van der Waals surface area contributed by atoms with Crippen molar-refractivity contribution in [3.63, 3.8) is 0 Å². The van der Waals surface area contributed by atoms with Crippen LogP contribution >= 0.6 is 11.3 Å². The predicted molar refractivity (Wildman–Crippen MR) is 68.4 cm³/mol. The van der Waals surface area contributed by atoms with Gasteiger partial charge >= 0.3 is 5.97 Å². The third-order valence-electron chi connectivity index (χ3n) is 3.31. The standard InChI is InChI=1S/C11H15NO4S2/c1-11(5-2-6-11)7-12-18(15,16)9-4-3-8(17-9)10(13)14/h3-4,12H,2,5-7H2,1H3,(H,13,14). The second-order valence-corrected chi connectivity index (χ2v) is 7.99. The average molecular weight is 289 g/mol. The molecule has 2 N–H and O–H groups in total. The van der Waals surface area contributed by atoms with Crippen LogP contribution in [0.2, 0.25) is 0 Å². The Bertz CT molecular complexity index is 557. The van der Waals surface area contributed by atoms with Gasteiger partial charge in [-0.25, -0.2) is 17.9 Å². The van der Waals surface area contributed by atoms with E-state index < -0.39 is 16.0 Å². The van der Waals surface area contributed by atoms with E-state index >= 15 is 0 Å². The molecule has 1 aromatic rings. The molecule has 2 rings (SSSR count). The summed E-state index contributed by atoms with van der Waals surface area (Å²) >= 11 is 0.774. The van der Waals surface area contributed by atoms with Crippen LogP contribution in [0, 0.1) is 5.41 Å². The van der Waals surface area contributed by atoms with Gasteiger partial charge in [0.25, 0.3) is 0 Å². The number of sulfonamides is 1. The molecular formula is C11H15NO4S2. The van der Waals surface area contributed by atoms with Crippen molar-refractivity contribution in [3.8, 4) is 0 Å². The lowest BCUT2D eigenvalue weighted by Crippen LogP contribution is -2.39. The Morgan fingerprint density at radius 1 is 1.50 bits per heavy atom. The molecule has 7 heteroatoms.